The zero-order chi connectivity index (χ0) is 18.2. The Labute approximate surface area is 142 Å². The molecule has 2 N–H and O–H groups in total. The molecule has 0 aliphatic heterocycles. The van der Waals surface area contributed by atoms with Gasteiger partial charge in [0.1, 0.15) is 11.5 Å². The summed E-state index contributed by atoms with van der Waals surface area (Å²) in [7, 11) is 1.56. The number of anilines is 1. The number of hydrazine groups is 1. The molecule has 0 atom stereocenters. The molecule has 2 rings (SSSR count). The quantitative estimate of drug-likeness (QED) is 0.433. The van der Waals surface area contributed by atoms with Crippen molar-refractivity contribution in [1.82, 2.24) is 5.43 Å². The largest absolute Gasteiger partial charge is 0.497 e. The topological polar surface area (TPSA) is 59.6 Å². The third-order valence-corrected chi connectivity index (χ3v) is 3.25. The van der Waals surface area contributed by atoms with E-state index >= 15 is 0 Å². The van der Waals surface area contributed by atoms with Gasteiger partial charge in [-0.2, -0.15) is 0 Å². The minimum Gasteiger partial charge on any atom is -0.497 e. The SMILES string of the molecule is COc1ccc(OCCCC(=O)NNc2ccc(F)c(F)c2F)cc1. The van der Waals surface area contributed by atoms with Crippen molar-refractivity contribution in [2.24, 2.45) is 0 Å². The van der Waals surface area contributed by atoms with Crippen molar-refractivity contribution in [3.8, 4) is 11.5 Å². The van der Waals surface area contributed by atoms with Crippen LogP contribution in [0.15, 0.2) is 36.4 Å². The number of ether oxygens (including phenoxy) is 2. The molecule has 0 aliphatic carbocycles. The Morgan fingerprint density at radius 1 is 1.00 bits per heavy atom. The monoisotopic (exact) mass is 354 g/mol. The van der Waals surface area contributed by atoms with E-state index in [9.17, 15) is 18.0 Å². The molecule has 0 saturated carbocycles. The van der Waals surface area contributed by atoms with Crippen LogP contribution in [0.2, 0.25) is 0 Å². The molecule has 2 aromatic rings. The number of rotatable bonds is 8. The van der Waals surface area contributed by atoms with E-state index in [-0.39, 0.29) is 12.1 Å². The number of nitrogens with one attached hydrogen (secondary N) is 2. The average Bonchev–Trinajstić information content (AvgIpc) is 2.63. The lowest BCUT2D eigenvalue weighted by Crippen LogP contribution is -2.30. The van der Waals surface area contributed by atoms with Crippen LogP contribution in [0.5, 0.6) is 11.5 Å². The lowest BCUT2D eigenvalue weighted by Gasteiger charge is -2.10. The number of carbonyl (C=O) groups excluding carboxylic acids is 1. The molecule has 0 radical (unpaired) electrons. The fraction of sp³-hybridized carbons (Fsp3) is 0.235. The maximum Gasteiger partial charge on any atom is 0.238 e. The highest BCUT2D eigenvalue weighted by Crippen LogP contribution is 2.19. The number of hydrogen-bond acceptors (Lipinski definition) is 4. The van der Waals surface area contributed by atoms with Gasteiger partial charge in [-0.15, -0.1) is 0 Å². The van der Waals surface area contributed by atoms with Crippen LogP contribution in [0.4, 0.5) is 18.9 Å². The van der Waals surface area contributed by atoms with Crippen LogP contribution < -0.4 is 20.3 Å². The van der Waals surface area contributed by atoms with Crippen LogP contribution in [0.25, 0.3) is 0 Å². The smallest absolute Gasteiger partial charge is 0.238 e. The van der Waals surface area contributed by atoms with E-state index in [1.54, 1.807) is 31.4 Å². The third-order valence-electron chi connectivity index (χ3n) is 3.25. The summed E-state index contributed by atoms with van der Waals surface area (Å²) in [4.78, 5) is 11.6. The van der Waals surface area contributed by atoms with Gasteiger partial charge >= 0.3 is 0 Å². The van der Waals surface area contributed by atoms with Gasteiger partial charge in [-0.3, -0.25) is 15.6 Å². The van der Waals surface area contributed by atoms with Gasteiger partial charge in [0.05, 0.1) is 19.4 Å². The molecule has 0 unspecified atom stereocenters. The molecule has 1 amide bonds. The Balaban J connectivity index is 1.69. The van der Waals surface area contributed by atoms with Gasteiger partial charge in [0.2, 0.25) is 5.91 Å². The first-order chi connectivity index (χ1) is 12.0. The van der Waals surface area contributed by atoms with Crippen molar-refractivity contribution < 1.29 is 27.4 Å². The van der Waals surface area contributed by atoms with Crippen LogP contribution in [-0.4, -0.2) is 19.6 Å². The molecule has 2 aromatic carbocycles. The van der Waals surface area contributed by atoms with Crippen molar-refractivity contribution in [3.05, 3.63) is 53.8 Å². The summed E-state index contributed by atoms with van der Waals surface area (Å²) in [6, 6.07) is 8.74. The van der Waals surface area contributed by atoms with Gasteiger partial charge in [0.15, 0.2) is 17.5 Å². The minimum absolute atomic E-state index is 0.106. The van der Waals surface area contributed by atoms with E-state index in [1.807, 2.05) is 0 Å². The van der Waals surface area contributed by atoms with Crippen LogP contribution in [0.3, 0.4) is 0 Å². The number of methoxy groups -OCH3 is 1. The van der Waals surface area contributed by atoms with Crippen molar-refractivity contribution >= 4 is 11.6 Å². The molecule has 5 nitrogen and oxygen atoms in total. The molecule has 0 aliphatic rings. The summed E-state index contributed by atoms with van der Waals surface area (Å²) in [5.74, 6) is -3.40. The number of amides is 1. The Bertz CT molecular complexity index is 724. The van der Waals surface area contributed by atoms with E-state index in [0.29, 0.717) is 24.5 Å². The Morgan fingerprint density at radius 2 is 1.68 bits per heavy atom. The lowest BCUT2D eigenvalue weighted by molar-refractivity contribution is -0.120. The highest BCUT2D eigenvalue weighted by atomic mass is 19.2. The highest BCUT2D eigenvalue weighted by Gasteiger charge is 2.13. The molecule has 0 aromatic heterocycles. The molecule has 0 bridgehead atoms. The number of halogens is 3. The van der Waals surface area contributed by atoms with E-state index in [1.165, 1.54) is 0 Å². The summed E-state index contributed by atoms with van der Waals surface area (Å²) in [5, 5.41) is 0. The van der Waals surface area contributed by atoms with Crippen molar-refractivity contribution in [2.45, 2.75) is 12.8 Å². The van der Waals surface area contributed by atoms with E-state index < -0.39 is 23.4 Å². The molecule has 25 heavy (non-hydrogen) atoms. The summed E-state index contributed by atoms with van der Waals surface area (Å²) < 4.78 is 49.7. The second kappa shape index (κ2) is 8.81. The zero-order valence-corrected chi connectivity index (χ0v) is 13.4. The molecule has 0 saturated heterocycles. The van der Waals surface area contributed by atoms with Gasteiger partial charge in [-0.25, -0.2) is 13.2 Å². The fourth-order valence-electron chi connectivity index (χ4n) is 1.92. The summed E-state index contributed by atoms with van der Waals surface area (Å²) >= 11 is 0. The lowest BCUT2D eigenvalue weighted by atomic mass is 10.3. The van der Waals surface area contributed by atoms with Gasteiger partial charge < -0.3 is 9.47 Å². The predicted octanol–water partition coefficient (Wildman–Crippen LogP) is 3.41. The Hall–Kier alpha value is -2.90. The van der Waals surface area contributed by atoms with Crippen LogP contribution >= 0.6 is 0 Å². The standard InChI is InChI=1S/C17H17F3N2O3/c1-24-11-4-6-12(7-5-11)25-10-2-3-15(23)22-21-14-9-8-13(18)16(19)17(14)20/h4-9,21H,2-3,10H2,1H3,(H,22,23). The maximum absolute atomic E-state index is 13.4. The second-order valence-electron chi connectivity index (χ2n) is 5.02. The van der Waals surface area contributed by atoms with Gasteiger partial charge in [0.25, 0.3) is 0 Å². The molecular weight excluding hydrogens is 337 g/mol. The summed E-state index contributed by atoms with van der Waals surface area (Å²) in [5.41, 5.74) is 4.07. The number of carbonyl (C=O) groups is 1. The Morgan fingerprint density at radius 3 is 2.36 bits per heavy atom. The minimum atomic E-state index is -1.60. The fourth-order valence-corrected chi connectivity index (χ4v) is 1.92. The Kier molecular flexibility index (Phi) is 6.50. The van der Waals surface area contributed by atoms with Crippen molar-refractivity contribution in [3.63, 3.8) is 0 Å². The molecule has 0 heterocycles. The number of benzene rings is 2. The van der Waals surface area contributed by atoms with Crippen molar-refractivity contribution in [1.29, 1.82) is 0 Å². The average molecular weight is 354 g/mol. The van der Waals surface area contributed by atoms with Crippen LogP contribution in [0, 0.1) is 17.5 Å². The normalized spacial score (nSPS) is 10.2. The van der Waals surface area contributed by atoms with Crippen molar-refractivity contribution in [2.75, 3.05) is 19.1 Å². The van der Waals surface area contributed by atoms with E-state index in [4.69, 9.17) is 9.47 Å². The van der Waals surface area contributed by atoms with E-state index in [2.05, 4.69) is 10.9 Å². The zero-order valence-electron chi connectivity index (χ0n) is 13.4. The maximum atomic E-state index is 13.4. The molecule has 8 heteroatoms. The first-order valence-corrected chi connectivity index (χ1v) is 7.46. The highest BCUT2D eigenvalue weighted by molar-refractivity contribution is 5.77. The second-order valence-corrected chi connectivity index (χ2v) is 5.02. The first kappa shape index (κ1) is 18.4. The van der Waals surface area contributed by atoms with Gasteiger partial charge in [0, 0.05) is 6.42 Å². The van der Waals surface area contributed by atoms with Crippen LogP contribution in [-0.2, 0) is 4.79 Å². The number of hydrogen-bond donors (Lipinski definition) is 2. The molecular formula is C17H17F3N2O3. The molecule has 0 fully saturated rings. The molecule has 134 valence electrons. The van der Waals surface area contributed by atoms with Gasteiger partial charge in [-0.05, 0) is 42.8 Å². The summed E-state index contributed by atoms with van der Waals surface area (Å²) in [6.07, 6.45) is 0.522. The van der Waals surface area contributed by atoms with Crippen LogP contribution in [0.1, 0.15) is 12.8 Å². The molecule has 0 spiro atoms. The van der Waals surface area contributed by atoms with Gasteiger partial charge in [-0.1, -0.05) is 0 Å². The summed E-state index contributed by atoms with van der Waals surface area (Å²) in [6.45, 7) is 0.305. The van der Waals surface area contributed by atoms with E-state index in [0.717, 1.165) is 12.1 Å². The third kappa shape index (κ3) is 5.30. The predicted molar refractivity (Wildman–Crippen MR) is 85.8 cm³/mol. The first-order valence-electron chi connectivity index (χ1n) is 7.46.